The van der Waals surface area contributed by atoms with E-state index in [1.807, 2.05) is 29.2 Å². The van der Waals surface area contributed by atoms with E-state index in [4.69, 9.17) is 17.0 Å². The highest BCUT2D eigenvalue weighted by molar-refractivity contribution is 7.71. The molecule has 130 valence electrons. The molecule has 2 aromatic rings. The molecule has 0 aliphatic heterocycles. The number of aromatic nitrogens is 3. The first-order valence-corrected chi connectivity index (χ1v) is 8.58. The summed E-state index contributed by atoms with van der Waals surface area (Å²) in [6.07, 6.45) is 1.88. The number of H-pyrrole nitrogens is 1. The van der Waals surface area contributed by atoms with E-state index in [0.29, 0.717) is 10.6 Å². The van der Waals surface area contributed by atoms with E-state index in [9.17, 15) is 4.79 Å². The van der Waals surface area contributed by atoms with Crippen LogP contribution in [0.25, 0.3) is 11.4 Å². The van der Waals surface area contributed by atoms with E-state index in [1.165, 1.54) is 0 Å². The summed E-state index contributed by atoms with van der Waals surface area (Å²) >= 11 is 5.31. The zero-order valence-corrected chi connectivity index (χ0v) is 15.2. The van der Waals surface area contributed by atoms with Gasteiger partial charge in [0.15, 0.2) is 10.6 Å². The second-order valence-corrected chi connectivity index (χ2v) is 5.93. The molecule has 1 N–H and O–H groups in total. The summed E-state index contributed by atoms with van der Waals surface area (Å²) in [7, 11) is 1.62. The zero-order chi connectivity index (χ0) is 17.5. The molecule has 0 spiro atoms. The number of nitrogens with zero attached hydrogens (tertiary/aromatic N) is 3. The van der Waals surface area contributed by atoms with Crippen LogP contribution in [0.3, 0.4) is 0 Å². The van der Waals surface area contributed by atoms with Gasteiger partial charge in [0.1, 0.15) is 12.3 Å². The minimum atomic E-state index is 0.0611. The second kappa shape index (κ2) is 8.63. The fourth-order valence-corrected chi connectivity index (χ4v) is 2.76. The summed E-state index contributed by atoms with van der Waals surface area (Å²) < 4.78 is 7.37. The van der Waals surface area contributed by atoms with Crippen LogP contribution in [-0.4, -0.2) is 45.8 Å². The third kappa shape index (κ3) is 4.23. The van der Waals surface area contributed by atoms with Gasteiger partial charge in [0.2, 0.25) is 5.91 Å². The number of carbonyl (C=O) groups excluding carboxylic acids is 1. The molecule has 0 saturated heterocycles. The van der Waals surface area contributed by atoms with Crippen LogP contribution in [0, 0.1) is 4.77 Å². The quantitative estimate of drug-likeness (QED) is 0.744. The van der Waals surface area contributed by atoms with Gasteiger partial charge in [-0.2, -0.15) is 5.10 Å². The average molecular weight is 348 g/mol. The number of hydrogen-bond acceptors (Lipinski definition) is 4. The Labute approximate surface area is 147 Å². The number of benzene rings is 1. The highest BCUT2D eigenvalue weighted by Crippen LogP contribution is 2.21. The van der Waals surface area contributed by atoms with E-state index < -0.39 is 0 Å². The molecule has 1 amide bonds. The van der Waals surface area contributed by atoms with E-state index in [0.717, 1.165) is 37.2 Å². The highest BCUT2D eigenvalue weighted by Gasteiger charge is 2.16. The Bertz CT molecular complexity index is 715. The minimum absolute atomic E-state index is 0.0611. The van der Waals surface area contributed by atoms with Crippen LogP contribution >= 0.6 is 12.2 Å². The van der Waals surface area contributed by atoms with E-state index in [1.54, 1.807) is 11.7 Å². The Morgan fingerprint density at radius 3 is 2.42 bits per heavy atom. The first kappa shape index (κ1) is 18.2. The standard InChI is InChI=1S/C17H24N4O2S/c1-4-10-20(11-5-2)15(22)12-21-16(18-19-17(21)24)13-6-8-14(23-3)9-7-13/h6-9H,4-5,10-12H2,1-3H3,(H,19,24). The van der Waals surface area contributed by atoms with Crippen molar-refractivity contribution in [3.05, 3.63) is 29.0 Å². The molecule has 2 rings (SSSR count). The number of aromatic amines is 1. The van der Waals surface area contributed by atoms with E-state index >= 15 is 0 Å². The second-order valence-electron chi connectivity index (χ2n) is 5.55. The van der Waals surface area contributed by atoms with Crippen LogP contribution in [0.15, 0.2) is 24.3 Å². The van der Waals surface area contributed by atoms with Crippen LogP contribution in [0.1, 0.15) is 26.7 Å². The first-order chi connectivity index (χ1) is 11.6. The molecule has 6 nitrogen and oxygen atoms in total. The Hall–Kier alpha value is -2.15. The van der Waals surface area contributed by atoms with E-state index in [2.05, 4.69) is 24.0 Å². The van der Waals surface area contributed by atoms with Crippen molar-refractivity contribution in [3.63, 3.8) is 0 Å². The van der Waals surface area contributed by atoms with Gasteiger partial charge in [0.25, 0.3) is 0 Å². The van der Waals surface area contributed by atoms with Crippen LogP contribution in [0.4, 0.5) is 0 Å². The van der Waals surface area contributed by atoms with Crippen molar-refractivity contribution in [1.82, 2.24) is 19.7 Å². The smallest absolute Gasteiger partial charge is 0.242 e. The van der Waals surface area contributed by atoms with Gasteiger partial charge >= 0.3 is 0 Å². The number of amides is 1. The molecule has 0 aliphatic rings. The topological polar surface area (TPSA) is 63.1 Å². The fourth-order valence-electron chi connectivity index (χ4n) is 2.56. The average Bonchev–Trinajstić information content (AvgIpc) is 2.95. The maximum absolute atomic E-state index is 12.6. The summed E-state index contributed by atoms with van der Waals surface area (Å²) in [5, 5.41) is 7.07. The van der Waals surface area contributed by atoms with Gasteiger partial charge in [-0.15, -0.1) is 0 Å². The van der Waals surface area contributed by atoms with E-state index in [-0.39, 0.29) is 12.5 Å². The summed E-state index contributed by atoms with van der Waals surface area (Å²) in [6.45, 7) is 5.85. The summed E-state index contributed by atoms with van der Waals surface area (Å²) in [5.74, 6) is 1.49. The maximum atomic E-state index is 12.6. The van der Waals surface area contributed by atoms with Crippen LogP contribution in [0.2, 0.25) is 0 Å². The summed E-state index contributed by atoms with van der Waals surface area (Å²) in [6, 6.07) is 7.53. The molecule has 0 unspecified atom stereocenters. The lowest BCUT2D eigenvalue weighted by atomic mass is 10.2. The Morgan fingerprint density at radius 1 is 1.25 bits per heavy atom. The maximum Gasteiger partial charge on any atom is 0.242 e. The Kier molecular flexibility index (Phi) is 6.54. The number of carbonyl (C=O) groups is 1. The normalized spacial score (nSPS) is 10.6. The molecule has 0 atom stereocenters. The van der Waals surface area contributed by atoms with Crippen molar-refractivity contribution < 1.29 is 9.53 Å². The largest absolute Gasteiger partial charge is 0.497 e. The number of rotatable bonds is 8. The van der Waals surface area contributed by atoms with Crippen LogP contribution in [0.5, 0.6) is 5.75 Å². The van der Waals surface area contributed by atoms with Gasteiger partial charge in [0.05, 0.1) is 7.11 Å². The molecule has 0 bridgehead atoms. The molecule has 0 aliphatic carbocycles. The van der Waals surface area contributed by atoms with Crippen LogP contribution in [-0.2, 0) is 11.3 Å². The van der Waals surface area contributed by atoms with Crippen molar-refractivity contribution in [2.24, 2.45) is 0 Å². The van der Waals surface area contributed by atoms with Gasteiger partial charge in [-0.05, 0) is 49.3 Å². The molecular formula is C17H24N4O2S. The van der Waals surface area contributed by atoms with Crippen molar-refractivity contribution in [3.8, 4) is 17.1 Å². The Morgan fingerprint density at radius 2 is 1.88 bits per heavy atom. The minimum Gasteiger partial charge on any atom is -0.497 e. The summed E-state index contributed by atoms with van der Waals surface area (Å²) in [5.41, 5.74) is 0.883. The molecule has 0 fully saturated rings. The zero-order valence-electron chi connectivity index (χ0n) is 14.4. The van der Waals surface area contributed by atoms with Crippen molar-refractivity contribution in [2.45, 2.75) is 33.2 Å². The molecule has 0 saturated carbocycles. The predicted molar refractivity (Wildman–Crippen MR) is 96.6 cm³/mol. The predicted octanol–water partition coefficient (Wildman–Crippen LogP) is 3.26. The summed E-state index contributed by atoms with van der Waals surface area (Å²) in [4.78, 5) is 14.5. The fraction of sp³-hybridized carbons (Fsp3) is 0.471. The molecule has 24 heavy (non-hydrogen) atoms. The molecule has 0 radical (unpaired) electrons. The SMILES string of the molecule is CCCN(CCC)C(=O)Cn1c(-c2ccc(OC)cc2)n[nH]c1=S. The monoisotopic (exact) mass is 348 g/mol. The first-order valence-electron chi connectivity index (χ1n) is 8.18. The third-order valence-corrected chi connectivity index (χ3v) is 4.05. The van der Waals surface area contributed by atoms with Gasteiger partial charge in [-0.3, -0.25) is 14.5 Å². The van der Waals surface area contributed by atoms with Gasteiger partial charge < -0.3 is 9.64 Å². The lowest BCUT2D eigenvalue weighted by Gasteiger charge is -2.22. The molecular weight excluding hydrogens is 324 g/mol. The van der Waals surface area contributed by atoms with Crippen molar-refractivity contribution >= 4 is 18.1 Å². The lowest BCUT2D eigenvalue weighted by Crippen LogP contribution is -2.35. The molecule has 1 aromatic carbocycles. The van der Waals surface area contributed by atoms with Crippen molar-refractivity contribution in [2.75, 3.05) is 20.2 Å². The van der Waals surface area contributed by atoms with Gasteiger partial charge in [0, 0.05) is 18.7 Å². The number of nitrogens with one attached hydrogen (secondary N) is 1. The van der Waals surface area contributed by atoms with Crippen molar-refractivity contribution in [1.29, 1.82) is 0 Å². The molecule has 1 aromatic heterocycles. The van der Waals surface area contributed by atoms with Gasteiger partial charge in [-0.25, -0.2) is 0 Å². The number of ether oxygens (including phenoxy) is 1. The Balaban J connectivity index is 2.25. The lowest BCUT2D eigenvalue weighted by molar-refractivity contribution is -0.131. The number of hydrogen-bond donors (Lipinski definition) is 1. The highest BCUT2D eigenvalue weighted by atomic mass is 32.1. The van der Waals surface area contributed by atoms with Crippen LogP contribution < -0.4 is 4.74 Å². The molecule has 1 heterocycles. The molecule has 7 heteroatoms. The van der Waals surface area contributed by atoms with Gasteiger partial charge in [-0.1, -0.05) is 13.8 Å². The number of methoxy groups -OCH3 is 1. The third-order valence-electron chi connectivity index (χ3n) is 3.74.